The molecule has 0 aliphatic carbocycles. The Morgan fingerprint density at radius 3 is 2.61 bits per heavy atom. The molecule has 3 rings (SSSR count). The third-order valence-corrected chi connectivity index (χ3v) is 4.34. The smallest absolute Gasteiger partial charge is 0.358 e. The summed E-state index contributed by atoms with van der Waals surface area (Å²) in [5.41, 5.74) is 1.19. The molecule has 1 heterocycles. The lowest BCUT2D eigenvalue weighted by Crippen LogP contribution is -2.21. The van der Waals surface area contributed by atoms with E-state index in [-0.39, 0.29) is 11.4 Å². The lowest BCUT2D eigenvalue weighted by Gasteiger charge is -2.06. The van der Waals surface area contributed by atoms with Crippen molar-refractivity contribution in [3.05, 3.63) is 76.8 Å². The third-order valence-electron chi connectivity index (χ3n) is 3.54. The first kappa shape index (κ1) is 19.4. The molecule has 9 heteroatoms. The van der Waals surface area contributed by atoms with Crippen LogP contribution in [0.5, 0.6) is 0 Å². The second-order valence-corrected chi connectivity index (χ2v) is 6.49. The molecule has 1 amide bonds. The molecule has 0 aliphatic rings. The fraction of sp³-hybridized carbons (Fsp3) is 0.105. The fourth-order valence-electron chi connectivity index (χ4n) is 2.20. The Balaban J connectivity index is 1.47. The van der Waals surface area contributed by atoms with Crippen LogP contribution in [-0.4, -0.2) is 23.5 Å². The van der Waals surface area contributed by atoms with Crippen LogP contribution in [0.2, 0.25) is 0 Å². The minimum atomic E-state index is -1.09. The highest BCUT2D eigenvalue weighted by atomic mass is 32.1. The van der Waals surface area contributed by atoms with Crippen LogP contribution < -0.4 is 10.6 Å². The molecule has 28 heavy (non-hydrogen) atoms. The van der Waals surface area contributed by atoms with E-state index in [2.05, 4.69) is 15.6 Å². The summed E-state index contributed by atoms with van der Waals surface area (Å²) in [5.74, 6) is -3.56. The van der Waals surface area contributed by atoms with Gasteiger partial charge in [0, 0.05) is 23.7 Å². The van der Waals surface area contributed by atoms with E-state index in [0.717, 1.165) is 17.7 Å². The molecule has 0 bridgehead atoms. The van der Waals surface area contributed by atoms with Crippen LogP contribution >= 0.6 is 11.3 Å². The average molecular weight is 403 g/mol. The van der Waals surface area contributed by atoms with E-state index < -0.39 is 30.1 Å². The standard InChI is InChI=1S/C19H15F2N3O3S/c20-14-7-6-13(8-15(14)21)23-17(25)10-27-18(26)16-11-28-19(24-16)22-9-12-4-2-1-3-5-12/h1-8,11H,9-10H2,(H,22,24)(H,23,25). The summed E-state index contributed by atoms with van der Waals surface area (Å²) < 4.78 is 30.9. The average Bonchev–Trinajstić information content (AvgIpc) is 3.17. The Bertz CT molecular complexity index is 980. The molecule has 0 atom stereocenters. The monoisotopic (exact) mass is 403 g/mol. The van der Waals surface area contributed by atoms with Gasteiger partial charge in [-0.15, -0.1) is 11.3 Å². The molecule has 2 N–H and O–H groups in total. The minimum absolute atomic E-state index is 0.0565. The lowest BCUT2D eigenvalue weighted by atomic mass is 10.2. The van der Waals surface area contributed by atoms with E-state index in [1.165, 1.54) is 22.8 Å². The van der Waals surface area contributed by atoms with Gasteiger partial charge in [0.1, 0.15) is 0 Å². The Morgan fingerprint density at radius 1 is 1.07 bits per heavy atom. The van der Waals surface area contributed by atoms with E-state index in [1.807, 2.05) is 30.3 Å². The summed E-state index contributed by atoms with van der Waals surface area (Å²) >= 11 is 1.24. The van der Waals surface area contributed by atoms with Gasteiger partial charge in [-0.1, -0.05) is 30.3 Å². The number of amides is 1. The zero-order chi connectivity index (χ0) is 19.9. The Morgan fingerprint density at radius 2 is 1.86 bits per heavy atom. The largest absolute Gasteiger partial charge is 0.451 e. The number of ether oxygens (including phenoxy) is 1. The van der Waals surface area contributed by atoms with E-state index in [0.29, 0.717) is 11.7 Å². The normalized spacial score (nSPS) is 10.4. The minimum Gasteiger partial charge on any atom is -0.451 e. The van der Waals surface area contributed by atoms with Crippen LogP contribution in [0, 0.1) is 11.6 Å². The number of thiazole rings is 1. The predicted molar refractivity (Wildman–Crippen MR) is 101 cm³/mol. The summed E-state index contributed by atoms with van der Waals surface area (Å²) in [6.07, 6.45) is 0. The second-order valence-electron chi connectivity index (χ2n) is 5.63. The molecule has 1 aromatic heterocycles. The van der Waals surface area contributed by atoms with Gasteiger partial charge in [0.05, 0.1) is 0 Å². The Hall–Kier alpha value is -3.33. The van der Waals surface area contributed by atoms with Gasteiger partial charge >= 0.3 is 5.97 Å². The first-order valence-corrected chi connectivity index (χ1v) is 9.04. The van der Waals surface area contributed by atoms with Crippen LogP contribution in [-0.2, 0) is 16.1 Å². The number of nitrogens with zero attached hydrogens (tertiary/aromatic N) is 1. The van der Waals surface area contributed by atoms with Crippen molar-refractivity contribution in [3.63, 3.8) is 0 Å². The van der Waals surface area contributed by atoms with Gasteiger partial charge in [-0.05, 0) is 17.7 Å². The highest BCUT2D eigenvalue weighted by Gasteiger charge is 2.15. The van der Waals surface area contributed by atoms with E-state index in [4.69, 9.17) is 4.74 Å². The number of halogens is 2. The molecule has 0 saturated carbocycles. The zero-order valence-corrected chi connectivity index (χ0v) is 15.3. The SMILES string of the molecule is O=C(COC(=O)c1csc(NCc2ccccc2)n1)Nc1ccc(F)c(F)c1. The van der Waals surface area contributed by atoms with Crippen molar-refractivity contribution in [1.82, 2.24) is 4.98 Å². The van der Waals surface area contributed by atoms with Crippen molar-refractivity contribution in [1.29, 1.82) is 0 Å². The fourth-order valence-corrected chi connectivity index (χ4v) is 2.88. The molecule has 0 radical (unpaired) electrons. The first-order chi connectivity index (χ1) is 13.5. The maximum absolute atomic E-state index is 13.1. The van der Waals surface area contributed by atoms with Gasteiger partial charge in [-0.2, -0.15) is 0 Å². The van der Waals surface area contributed by atoms with Crippen LogP contribution in [0.1, 0.15) is 16.1 Å². The summed E-state index contributed by atoms with van der Waals surface area (Å²) in [4.78, 5) is 27.9. The summed E-state index contributed by atoms with van der Waals surface area (Å²) in [6.45, 7) is -0.0262. The van der Waals surface area contributed by atoms with Gasteiger partial charge in [0.2, 0.25) is 0 Å². The molecule has 0 saturated heterocycles. The Labute approximate surface area is 163 Å². The number of anilines is 2. The van der Waals surface area contributed by atoms with Gasteiger partial charge in [-0.3, -0.25) is 4.79 Å². The maximum atomic E-state index is 13.1. The van der Waals surface area contributed by atoms with Gasteiger partial charge < -0.3 is 15.4 Å². The highest BCUT2D eigenvalue weighted by Crippen LogP contribution is 2.17. The molecule has 0 unspecified atom stereocenters. The van der Waals surface area contributed by atoms with Crippen LogP contribution in [0.3, 0.4) is 0 Å². The van der Waals surface area contributed by atoms with Crippen molar-refractivity contribution in [2.24, 2.45) is 0 Å². The molecule has 0 spiro atoms. The van der Waals surface area contributed by atoms with Crippen LogP contribution in [0.25, 0.3) is 0 Å². The van der Waals surface area contributed by atoms with Gasteiger partial charge in [0.15, 0.2) is 29.1 Å². The molecule has 0 aliphatic heterocycles. The Kier molecular flexibility index (Phi) is 6.28. The van der Waals surface area contributed by atoms with E-state index in [9.17, 15) is 18.4 Å². The van der Waals surface area contributed by atoms with Crippen LogP contribution in [0.4, 0.5) is 19.6 Å². The first-order valence-electron chi connectivity index (χ1n) is 8.16. The van der Waals surface area contributed by atoms with Gasteiger partial charge in [0.25, 0.3) is 5.91 Å². The number of carbonyl (C=O) groups excluding carboxylic acids is 2. The second kappa shape index (κ2) is 9.05. The number of aromatic nitrogens is 1. The van der Waals surface area contributed by atoms with Crippen LogP contribution in [0.15, 0.2) is 53.9 Å². The maximum Gasteiger partial charge on any atom is 0.358 e. The van der Waals surface area contributed by atoms with Crippen molar-refractivity contribution in [2.75, 3.05) is 17.2 Å². The number of rotatable bonds is 7. The number of hydrogen-bond acceptors (Lipinski definition) is 6. The topological polar surface area (TPSA) is 80.3 Å². The number of carbonyl (C=O) groups is 2. The molecular weight excluding hydrogens is 388 g/mol. The molecule has 2 aromatic carbocycles. The lowest BCUT2D eigenvalue weighted by molar-refractivity contribution is -0.119. The highest BCUT2D eigenvalue weighted by molar-refractivity contribution is 7.13. The van der Waals surface area contributed by atoms with E-state index in [1.54, 1.807) is 0 Å². The molecule has 0 fully saturated rings. The zero-order valence-electron chi connectivity index (χ0n) is 14.4. The van der Waals surface area contributed by atoms with Gasteiger partial charge in [-0.25, -0.2) is 18.6 Å². The number of nitrogens with one attached hydrogen (secondary N) is 2. The third kappa shape index (κ3) is 5.34. The quantitative estimate of drug-likeness (QED) is 0.586. The molecule has 3 aromatic rings. The van der Waals surface area contributed by atoms with Crippen molar-refractivity contribution < 1.29 is 23.1 Å². The predicted octanol–water partition coefficient (Wildman–Crippen LogP) is 3.83. The van der Waals surface area contributed by atoms with Crippen molar-refractivity contribution in [2.45, 2.75) is 6.54 Å². The summed E-state index contributed by atoms with van der Waals surface area (Å²) in [5, 5.41) is 7.47. The van der Waals surface area contributed by atoms with E-state index >= 15 is 0 Å². The molecule has 6 nitrogen and oxygen atoms in total. The summed E-state index contributed by atoms with van der Waals surface area (Å²) in [7, 11) is 0. The molecular formula is C19H15F2N3O3S. The number of hydrogen-bond donors (Lipinski definition) is 2. The van der Waals surface area contributed by atoms with Crippen molar-refractivity contribution >= 4 is 34.0 Å². The summed E-state index contributed by atoms with van der Waals surface area (Å²) in [6, 6.07) is 12.6. The number of benzene rings is 2. The molecule has 144 valence electrons. The van der Waals surface area contributed by atoms with Crippen molar-refractivity contribution in [3.8, 4) is 0 Å². The number of esters is 1.